The van der Waals surface area contributed by atoms with E-state index in [4.69, 9.17) is 5.11 Å². The maximum absolute atomic E-state index is 11.4. The van der Waals surface area contributed by atoms with Gasteiger partial charge in [0.15, 0.2) is 5.78 Å². The third kappa shape index (κ3) is 13.1. The SMILES string of the molecule is C=CC(=O)C(CCCCCCC=CCCCCCCCC)C(=O)O. The third-order valence-corrected chi connectivity index (χ3v) is 4.35. The predicted molar refractivity (Wildman–Crippen MR) is 101 cm³/mol. The van der Waals surface area contributed by atoms with Gasteiger partial charge in [-0.1, -0.05) is 77.0 Å². The Labute approximate surface area is 148 Å². The molecular formula is C21H36O3. The van der Waals surface area contributed by atoms with Crippen LogP contribution in [0.3, 0.4) is 0 Å². The van der Waals surface area contributed by atoms with Gasteiger partial charge in [-0.15, -0.1) is 0 Å². The van der Waals surface area contributed by atoms with Gasteiger partial charge in [0, 0.05) is 0 Å². The van der Waals surface area contributed by atoms with E-state index in [0.29, 0.717) is 6.42 Å². The number of carbonyl (C=O) groups is 2. The van der Waals surface area contributed by atoms with Crippen LogP contribution in [0.5, 0.6) is 0 Å². The van der Waals surface area contributed by atoms with Crippen molar-refractivity contribution < 1.29 is 14.7 Å². The van der Waals surface area contributed by atoms with Crippen LogP contribution in [0, 0.1) is 5.92 Å². The van der Waals surface area contributed by atoms with Crippen LogP contribution in [0.1, 0.15) is 90.4 Å². The van der Waals surface area contributed by atoms with Gasteiger partial charge in [-0.05, 0) is 38.2 Å². The topological polar surface area (TPSA) is 54.4 Å². The number of carbonyl (C=O) groups excluding carboxylic acids is 1. The minimum atomic E-state index is -1.03. The molecule has 0 amide bonds. The number of aliphatic carboxylic acids is 1. The summed E-state index contributed by atoms with van der Waals surface area (Å²) in [5.41, 5.74) is 0. The van der Waals surface area contributed by atoms with Crippen LogP contribution < -0.4 is 0 Å². The van der Waals surface area contributed by atoms with Crippen molar-refractivity contribution in [1.82, 2.24) is 0 Å². The summed E-state index contributed by atoms with van der Waals surface area (Å²) in [4.78, 5) is 22.4. The number of ketones is 1. The third-order valence-electron chi connectivity index (χ3n) is 4.35. The fourth-order valence-corrected chi connectivity index (χ4v) is 2.77. The summed E-state index contributed by atoms with van der Waals surface area (Å²) in [6, 6.07) is 0. The maximum atomic E-state index is 11.4. The Morgan fingerprint density at radius 2 is 1.38 bits per heavy atom. The van der Waals surface area contributed by atoms with Gasteiger partial charge in [0.25, 0.3) is 0 Å². The highest BCUT2D eigenvalue weighted by Gasteiger charge is 2.22. The minimum Gasteiger partial charge on any atom is -0.481 e. The second-order valence-corrected chi connectivity index (χ2v) is 6.52. The molecule has 0 aliphatic heterocycles. The zero-order chi connectivity index (χ0) is 18.0. The van der Waals surface area contributed by atoms with Crippen molar-refractivity contribution in [3.63, 3.8) is 0 Å². The molecular weight excluding hydrogens is 300 g/mol. The van der Waals surface area contributed by atoms with Gasteiger partial charge in [-0.2, -0.15) is 0 Å². The summed E-state index contributed by atoms with van der Waals surface area (Å²) < 4.78 is 0. The van der Waals surface area contributed by atoms with Gasteiger partial charge in [0.05, 0.1) is 0 Å². The fourth-order valence-electron chi connectivity index (χ4n) is 2.77. The number of carboxylic acid groups (broad SMARTS) is 1. The molecule has 138 valence electrons. The smallest absolute Gasteiger partial charge is 0.314 e. The molecule has 0 radical (unpaired) electrons. The van der Waals surface area contributed by atoms with E-state index in [2.05, 4.69) is 25.7 Å². The highest BCUT2D eigenvalue weighted by Crippen LogP contribution is 2.14. The van der Waals surface area contributed by atoms with Crippen molar-refractivity contribution in [2.24, 2.45) is 5.92 Å². The van der Waals surface area contributed by atoms with Gasteiger partial charge in [-0.3, -0.25) is 9.59 Å². The molecule has 0 aliphatic rings. The summed E-state index contributed by atoms with van der Waals surface area (Å²) in [5, 5.41) is 9.00. The average molecular weight is 337 g/mol. The first kappa shape index (κ1) is 22.6. The Balaban J connectivity index is 3.47. The van der Waals surface area contributed by atoms with Gasteiger partial charge in [-0.25, -0.2) is 0 Å². The second kappa shape index (κ2) is 16.5. The normalized spacial score (nSPS) is 12.4. The monoisotopic (exact) mass is 336 g/mol. The minimum absolute atomic E-state index is 0.375. The molecule has 0 aromatic heterocycles. The molecule has 0 saturated carbocycles. The number of allylic oxidation sites excluding steroid dienone is 3. The molecule has 0 aromatic carbocycles. The molecule has 0 aromatic rings. The quantitative estimate of drug-likeness (QED) is 0.151. The molecule has 1 N–H and O–H groups in total. The summed E-state index contributed by atoms with van der Waals surface area (Å²) in [6.07, 6.45) is 20.5. The first-order chi connectivity index (χ1) is 11.6. The lowest BCUT2D eigenvalue weighted by atomic mass is 9.96. The number of unbranched alkanes of at least 4 members (excludes halogenated alkanes) is 10. The molecule has 1 atom stereocenters. The Bertz CT molecular complexity index is 371. The molecule has 0 heterocycles. The van der Waals surface area contributed by atoms with Crippen molar-refractivity contribution in [2.75, 3.05) is 0 Å². The first-order valence-corrected chi connectivity index (χ1v) is 9.67. The summed E-state index contributed by atoms with van der Waals surface area (Å²) in [7, 11) is 0. The van der Waals surface area contributed by atoms with E-state index in [1.807, 2.05) is 0 Å². The van der Waals surface area contributed by atoms with Gasteiger partial charge < -0.3 is 5.11 Å². The highest BCUT2D eigenvalue weighted by molar-refractivity contribution is 6.03. The summed E-state index contributed by atoms with van der Waals surface area (Å²) >= 11 is 0. The van der Waals surface area contributed by atoms with Gasteiger partial charge in [0.1, 0.15) is 5.92 Å². The van der Waals surface area contributed by atoms with Gasteiger partial charge in [0.2, 0.25) is 0 Å². The lowest BCUT2D eigenvalue weighted by Gasteiger charge is -2.08. The van der Waals surface area contributed by atoms with Crippen molar-refractivity contribution in [3.8, 4) is 0 Å². The van der Waals surface area contributed by atoms with Crippen LogP contribution in [0.15, 0.2) is 24.8 Å². The molecule has 0 aliphatic carbocycles. The largest absolute Gasteiger partial charge is 0.481 e. The Kier molecular flexibility index (Phi) is 15.5. The average Bonchev–Trinajstić information content (AvgIpc) is 2.57. The predicted octanol–water partition coefficient (Wildman–Crippen LogP) is 6.09. The van der Waals surface area contributed by atoms with Crippen LogP contribution in [0.25, 0.3) is 0 Å². The van der Waals surface area contributed by atoms with Crippen LogP contribution in [-0.4, -0.2) is 16.9 Å². The van der Waals surface area contributed by atoms with Crippen LogP contribution >= 0.6 is 0 Å². The number of hydrogen-bond donors (Lipinski definition) is 1. The van der Waals surface area contributed by atoms with Crippen LogP contribution in [0.2, 0.25) is 0 Å². The fraction of sp³-hybridized carbons (Fsp3) is 0.714. The van der Waals surface area contributed by atoms with Crippen molar-refractivity contribution in [3.05, 3.63) is 24.8 Å². The number of hydrogen-bond acceptors (Lipinski definition) is 2. The van der Waals surface area contributed by atoms with E-state index in [-0.39, 0.29) is 5.78 Å². The van der Waals surface area contributed by atoms with E-state index in [1.165, 1.54) is 44.9 Å². The standard InChI is InChI=1S/C21H36O3/c1-3-5-6-7-8-9-10-11-12-13-14-15-16-17-18-19(21(23)24)20(22)4-2/h4,11-12,19H,2-3,5-10,13-18H2,1H3,(H,23,24). The van der Waals surface area contributed by atoms with Crippen LogP contribution in [-0.2, 0) is 9.59 Å². The van der Waals surface area contributed by atoms with Crippen molar-refractivity contribution in [2.45, 2.75) is 90.4 Å². The molecule has 1 unspecified atom stereocenters. The molecule has 24 heavy (non-hydrogen) atoms. The van der Waals surface area contributed by atoms with Crippen molar-refractivity contribution in [1.29, 1.82) is 0 Å². The van der Waals surface area contributed by atoms with E-state index in [0.717, 1.165) is 38.2 Å². The Morgan fingerprint density at radius 1 is 0.875 bits per heavy atom. The zero-order valence-electron chi connectivity index (χ0n) is 15.5. The molecule has 0 fully saturated rings. The zero-order valence-corrected chi connectivity index (χ0v) is 15.5. The first-order valence-electron chi connectivity index (χ1n) is 9.67. The highest BCUT2D eigenvalue weighted by atomic mass is 16.4. The Morgan fingerprint density at radius 3 is 1.88 bits per heavy atom. The number of rotatable bonds is 17. The summed E-state index contributed by atoms with van der Waals surface area (Å²) in [5.74, 6) is -2.31. The van der Waals surface area contributed by atoms with E-state index in [1.54, 1.807) is 0 Å². The lowest BCUT2D eigenvalue weighted by Crippen LogP contribution is -2.21. The molecule has 0 rings (SSSR count). The van der Waals surface area contributed by atoms with E-state index >= 15 is 0 Å². The Hall–Kier alpha value is -1.38. The van der Waals surface area contributed by atoms with Gasteiger partial charge >= 0.3 is 5.97 Å². The van der Waals surface area contributed by atoms with E-state index < -0.39 is 11.9 Å². The molecule has 0 spiro atoms. The molecule has 0 bridgehead atoms. The number of carboxylic acids is 1. The maximum Gasteiger partial charge on any atom is 0.314 e. The van der Waals surface area contributed by atoms with Crippen LogP contribution in [0.4, 0.5) is 0 Å². The van der Waals surface area contributed by atoms with E-state index in [9.17, 15) is 9.59 Å². The summed E-state index contributed by atoms with van der Waals surface area (Å²) in [6.45, 7) is 5.61. The molecule has 0 saturated heterocycles. The van der Waals surface area contributed by atoms with Crippen molar-refractivity contribution >= 4 is 11.8 Å². The second-order valence-electron chi connectivity index (χ2n) is 6.52. The lowest BCUT2D eigenvalue weighted by molar-refractivity contribution is -0.145. The molecule has 3 heteroatoms. The molecule has 3 nitrogen and oxygen atoms in total.